The first-order chi connectivity index (χ1) is 17.7. The number of carbonyl (C=O) groups excluding carboxylic acids is 3. The Labute approximate surface area is 215 Å². The van der Waals surface area contributed by atoms with Gasteiger partial charge < -0.3 is 14.6 Å². The Morgan fingerprint density at radius 3 is 2.27 bits per heavy atom. The minimum Gasteiger partial charge on any atom is -0.507 e. The molecule has 1 saturated heterocycles. The average Bonchev–Trinajstić information content (AvgIpc) is 3.14. The molecule has 1 N–H and O–H groups in total. The smallest absolute Gasteiger partial charge is 0.338 e. The van der Waals surface area contributed by atoms with Crippen LogP contribution >= 0.6 is 0 Å². The minimum absolute atomic E-state index is 0.0858. The lowest BCUT2D eigenvalue weighted by atomic mass is 9.98. The fourth-order valence-corrected chi connectivity index (χ4v) is 4.10. The van der Waals surface area contributed by atoms with Crippen LogP contribution in [0.4, 0.5) is 5.69 Å². The number of aliphatic hydroxyl groups excluding tert-OH is 1. The standard InChI is InChI=1S/C29H28N2O6/c1-17(2)36-22-9-7-8-20(16-22)26(32)24-25(23-10-5-6-15-30-23)31(28(34)27(24)33)21-13-11-19(12-14-21)29(35)37-18(3)4/h5-18,25,32H,1-4H3/b26-24+. The number of benzene rings is 2. The molecule has 37 heavy (non-hydrogen) atoms. The molecule has 3 aromatic rings. The number of aromatic nitrogens is 1. The number of ether oxygens (including phenoxy) is 2. The zero-order valence-electron chi connectivity index (χ0n) is 21.0. The summed E-state index contributed by atoms with van der Waals surface area (Å²) in [6.45, 7) is 7.27. The Balaban J connectivity index is 1.81. The molecule has 4 rings (SSSR count). The highest BCUT2D eigenvalue weighted by atomic mass is 16.5. The minimum atomic E-state index is -0.982. The molecule has 1 atom stereocenters. The molecule has 0 radical (unpaired) electrons. The molecule has 1 unspecified atom stereocenters. The van der Waals surface area contributed by atoms with Crippen molar-refractivity contribution in [3.63, 3.8) is 0 Å². The second-order valence-corrected chi connectivity index (χ2v) is 9.12. The van der Waals surface area contributed by atoms with Crippen LogP contribution in [0.2, 0.25) is 0 Å². The van der Waals surface area contributed by atoms with Gasteiger partial charge in [0.1, 0.15) is 17.6 Å². The number of anilines is 1. The Morgan fingerprint density at radius 1 is 0.919 bits per heavy atom. The van der Waals surface area contributed by atoms with Crippen LogP contribution in [0.5, 0.6) is 5.75 Å². The van der Waals surface area contributed by atoms with Crippen molar-refractivity contribution in [3.05, 3.63) is 95.3 Å². The van der Waals surface area contributed by atoms with Crippen LogP contribution in [0.25, 0.3) is 5.76 Å². The molecule has 2 heterocycles. The predicted octanol–water partition coefficient (Wildman–Crippen LogP) is 5.06. The van der Waals surface area contributed by atoms with Gasteiger partial charge >= 0.3 is 5.97 Å². The van der Waals surface area contributed by atoms with Gasteiger partial charge in [-0.15, -0.1) is 0 Å². The van der Waals surface area contributed by atoms with Gasteiger partial charge in [-0.25, -0.2) is 4.79 Å². The number of pyridine rings is 1. The van der Waals surface area contributed by atoms with Crippen molar-refractivity contribution in [3.8, 4) is 5.75 Å². The molecule has 0 bridgehead atoms. The Kier molecular flexibility index (Phi) is 7.38. The van der Waals surface area contributed by atoms with Crippen LogP contribution in [0.15, 0.2) is 78.5 Å². The van der Waals surface area contributed by atoms with Gasteiger partial charge in [0.05, 0.1) is 29.0 Å². The van der Waals surface area contributed by atoms with Crippen LogP contribution in [0.3, 0.4) is 0 Å². The fourth-order valence-electron chi connectivity index (χ4n) is 4.10. The molecule has 1 amide bonds. The number of nitrogens with zero attached hydrogens (tertiary/aromatic N) is 2. The predicted molar refractivity (Wildman–Crippen MR) is 138 cm³/mol. The maximum atomic E-state index is 13.3. The van der Waals surface area contributed by atoms with Crippen LogP contribution in [0, 0.1) is 0 Å². The van der Waals surface area contributed by atoms with Crippen molar-refractivity contribution < 1.29 is 29.0 Å². The van der Waals surface area contributed by atoms with Crippen molar-refractivity contribution in [1.82, 2.24) is 4.98 Å². The van der Waals surface area contributed by atoms with Crippen LogP contribution in [-0.2, 0) is 14.3 Å². The number of rotatable bonds is 7. The first kappa shape index (κ1) is 25.6. The van der Waals surface area contributed by atoms with Crippen molar-refractivity contribution >= 4 is 29.1 Å². The molecule has 1 aliphatic rings. The monoisotopic (exact) mass is 500 g/mol. The zero-order chi connectivity index (χ0) is 26.7. The lowest BCUT2D eigenvalue weighted by Crippen LogP contribution is -2.29. The van der Waals surface area contributed by atoms with Gasteiger partial charge in [0, 0.05) is 17.4 Å². The Morgan fingerprint density at radius 2 is 1.65 bits per heavy atom. The lowest BCUT2D eigenvalue weighted by molar-refractivity contribution is -0.132. The molecular formula is C29H28N2O6. The summed E-state index contributed by atoms with van der Waals surface area (Å²) in [6.07, 6.45) is 1.19. The highest BCUT2D eigenvalue weighted by molar-refractivity contribution is 6.51. The first-order valence-corrected chi connectivity index (χ1v) is 12.0. The molecule has 1 aromatic heterocycles. The van der Waals surface area contributed by atoms with Crippen molar-refractivity contribution in [2.45, 2.75) is 45.9 Å². The van der Waals surface area contributed by atoms with E-state index in [2.05, 4.69) is 4.98 Å². The molecule has 2 aromatic carbocycles. The quantitative estimate of drug-likeness (QED) is 0.209. The van der Waals surface area contributed by atoms with E-state index >= 15 is 0 Å². The van der Waals surface area contributed by atoms with Gasteiger partial charge in [-0.05, 0) is 76.2 Å². The third kappa shape index (κ3) is 5.38. The zero-order valence-corrected chi connectivity index (χ0v) is 21.0. The van der Waals surface area contributed by atoms with E-state index in [4.69, 9.17) is 9.47 Å². The van der Waals surface area contributed by atoms with Gasteiger partial charge in [-0.3, -0.25) is 19.5 Å². The van der Waals surface area contributed by atoms with E-state index in [-0.39, 0.29) is 23.5 Å². The fraction of sp³-hybridized carbons (Fsp3) is 0.241. The van der Waals surface area contributed by atoms with Gasteiger partial charge in [-0.2, -0.15) is 0 Å². The number of hydrogen-bond acceptors (Lipinski definition) is 7. The van der Waals surface area contributed by atoms with E-state index in [1.807, 2.05) is 13.8 Å². The number of aliphatic hydroxyl groups is 1. The summed E-state index contributed by atoms with van der Waals surface area (Å²) in [6, 6.07) is 17.1. The largest absolute Gasteiger partial charge is 0.507 e. The molecule has 0 saturated carbocycles. The molecule has 0 aliphatic carbocycles. The normalized spacial score (nSPS) is 16.9. The maximum Gasteiger partial charge on any atom is 0.338 e. The molecular weight excluding hydrogens is 472 g/mol. The third-order valence-corrected chi connectivity index (χ3v) is 5.62. The van der Waals surface area contributed by atoms with Crippen LogP contribution < -0.4 is 9.64 Å². The SMILES string of the molecule is CC(C)OC(=O)c1ccc(N2C(=O)C(=O)/C(=C(/O)c3cccc(OC(C)C)c3)C2c2ccccn2)cc1. The summed E-state index contributed by atoms with van der Waals surface area (Å²) < 4.78 is 11.0. The highest BCUT2D eigenvalue weighted by Crippen LogP contribution is 2.41. The lowest BCUT2D eigenvalue weighted by Gasteiger charge is -2.24. The third-order valence-electron chi connectivity index (χ3n) is 5.62. The maximum absolute atomic E-state index is 13.3. The number of amides is 1. The van der Waals surface area contributed by atoms with Gasteiger partial charge in [-0.1, -0.05) is 18.2 Å². The summed E-state index contributed by atoms with van der Waals surface area (Å²) in [7, 11) is 0. The van der Waals surface area contributed by atoms with E-state index in [1.54, 1.807) is 74.6 Å². The Bertz CT molecular complexity index is 1350. The molecule has 1 aliphatic heterocycles. The summed E-state index contributed by atoms with van der Waals surface area (Å²) in [5, 5.41) is 11.3. The van der Waals surface area contributed by atoms with E-state index in [0.717, 1.165) is 0 Å². The summed E-state index contributed by atoms with van der Waals surface area (Å²) >= 11 is 0. The number of ketones is 1. The topological polar surface area (TPSA) is 106 Å². The van der Waals surface area contributed by atoms with E-state index < -0.39 is 23.7 Å². The number of esters is 1. The summed E-state index contributed by atoms with van der Waals surface area (Å²) in [5.74, 6) is -1.96. The van der Waals surface area contributed by atoms with Crippen molar-refractivity contribution in [2.24, 2.45) is 0 Å². The van der Waals surface area contributed by atoms with E-state index in [1.165, 1.54) is 17.0 Å². The van der Waals surface area contributed by atoms with Gasteiger partial charge in [0.15, 0.2) is 0 Å². The molecule has 0 spiro atoms. The second kappa shape index (κ2) is 10.7. The summed E-state index contributed by atoms with van der Waals surface area (Å²) in [4.78, 5) is 44.5. The molecule has 8 heteroatoms. The van der Waals surface area contributed by atoms with Crippen molar-refractivity contribution in [1.29, 1.82) is 0 Å². The van der Waals surface area contributed by atoms with E-state index in [0.29, 0.717) is 28.3 Å². The average molecular weight is 501 g/mol. The Hall–Kier alpha value is -4.46. The second-order valence-electron chi connectivity index (χ2n) is 9.12. The number of Topliss-reactive ketones (excluding diaryl/α,β-unsaturated/α-hetero) is 1. The number of carbonyl (C=O) groups is 3. The van der Waals surface area contributed by atoms with Gasteiger partial charge in [0.25, 0.3) is 11.7 Å². The van der Waals surface area contributed by atoms with Crippen LogP contribution in [-0.4, -0.2) is 40.0 Å². The van der Waals surface area contributed by atoms with Crippen molar-refractivity contribution in [2.75, 3.05) is 4.90 Å². The van der Waals surface area contributed by atoms with Gasteiger partial charge in [0.2, 0.25) is 0 Å². The highest BCUT2D eigenvalue weighted by Gasteiger charge is 2.47. The molecule has 8 nitrogen and oxygen atoms in total. The summed E-state index contributed by atoms with van der Waals surface area (Å²) in [5.41, 5.74) is 1.33. The molecule has 1 fully saturated rings. The first-order valence-electron chi connectivity index (χ1n) is 12.0. The molecule has 190 valence electrons. The van der Waals surface area contributed by atoms with Crippen LogP contribution in [0.1, 0.15) is 55.4 Å². The number of hydrogen-bond donors (Lipinski definition) is 1. The van der Waals surface area contributed by atoms with E-state index in [9.17, 15) is 19.5 Å².